The normalized spacial score (nSPS) is 10.5. The largest absolute Gasteiger partial charge is 0.464 e. The number of hydrogen-bond donors (Lipinski definition) is 1. The summed E-state index contributed by atoms with van der Waals surface area (Å²) in [6.07, 6.45) is -2.89. The second-order valence-corrected chi connectivity index (χ2v) is 2.95. The SMILES string of the molecule is COC(=O)c1[nH]c(C(F)F)cc(=O)c1Cl. The zero-order chi connectivity index (χ0) is 11.6. The molecule has 0 saturated carbocycles. The minimum atomic E-state index is -2.89. The molecule has 0 fully saturated rings. The second kappa shape index (κ2) is 4.39. The first-order chi connectivity index (χ1) is 6.97. The number of halogens is 3. The van der Waals surface area contributed by atoms with Crippen LogP contribution in [0, 0.1) is 0 Å². The van der Waals surface area contributed by atoms with Gasteiger partial charge in [-0.2, -0.15) is 0 Å². The molecule has 1 aromatic heterocycles. The second-order valence-electron chi connectivity index (χ2n) is 2.57. The number of carbonyl (C=O) groups is 1. The van der Waals surface area contributed by atoms with E-state index >= 15 is 0 Å². The lowest BCUT2D eigenvalue weighted by molar-refractivity contribution is 0.0592. The predicted molar refractivity (Wildman–Crippen MR) is 48.4 cm³/mol. The minimum absolute atomic E-state index is 0.466. The molecule has 0 bridgehead atoms. The molecule has 1 N–H and O–H groups in total. The predicted octanol–water partition coefficient (Wildman–Crippen LogP) is 1.75. The van der Waals surface area contributed by atoms with Crippen molar-refractivity contribution in [3.63, 3.8) is 0 Å². The Labute approximate surface area is 87.8 Å². The smallest absolute Gasteiger partial charge is 0.356 e. The average molecular weight is 238 g/mol. The molecule has 0 aliphatic rings. The third-order valence-electron chi connectivity index (χ3n) is 1.62. The van der Waals surface area contributed by atoms with Crippen LogP contribution in [0.4, 0.5) is 8.78 Å². The van der Waals surface area contributed by atoms with E-state index in [-0.39, 0.29) is 0 Å². The minimum Gasteiger partial charge on any atom is -0.464 e. The first kappa shape index (κ1) is 11.6. The fourth-order valence-electron chi connectivity index (χ4n) is 0.923. The van der Waals surface area contributed by atoms with Gasteiger partial charge in [0.15, 0.2) is 0 Å². The molecule has 4 nitrogen and oxygen atoms in total. The van der Waals surface area contributed by atoms with Crippen molar-refractivity contribution in [1.82, 2.24) is 4.98 Å². The maximum atomic E-state index is 12.3. The molecule has 0 aromatic carbocycles. The Morgan fingerprint density at radius 1 is 1.60 bits per heavy atom. The first-order valence-corrected chi connectivity index (χ1v) is 4.14. The third kappa shape index (κ3) is 2.33. The zero-order valence-corrected chi connectivity index (χ0v) is 8.27. The molecule has 0 unspecified atom stereocenters. The van der Waals surface area contributed by atoms with Gasteiger partial charge in [0.2, 0.25) is 5.43 Å². The molecule has 0 saturated heterocycles. The van der Waals surface area contributed by atoms with E-state index < -0.39 is 34.2 Å². The van der Waals surface area contributed by atoms with Crippen LogP contribution in [0.5, 0.6) is 0 Å². The molecule has 0 atom stereocenters. The number of aromatic nitrogens is 1. The van der Waals surface area contributed by atoms with Crippen molar-refractivity contribution in [2.75, 3.05) is 7.11 Å². The Kier molecular flexibility index (Phi) is 3.41. The van der Waals surface area contributed by atoms with Gasteiger partial charge in [-0.1, -0.05) is 11.6 Å². The number of ether oxygens (including phenoxy) is 1. The lowest BCUT2D eigenvalue weighted by Gasteiger charge is -2.05. The summed E-state index contributed by atoms with van der Waals surface area (Å²) in [7, 11) is 1.05. The van der Waals surface area contributed by atoms with Gasteiger partial charge in [-0.15, -0.1) is 0 Å². The molecule has 1 heterocycles. The fourth-order valence-corrected chi connectivity index (χ4v) is 1.10. The number of H-pyrrole nitrogens is 1. The van der Waals surface area contributed by atoms with E-state index in [2.05, 4.69) is 4.74 Å². The molecule has 0 aliphatic heterocycles. The van der Waals surface area contributed by atoms with Crippen LogP contribution in [-0.2, 0) is 4.74 Å². The first-order valence-electron chi connectivity index (χ1n) is 3.76. The summed E-state index contributed by atoms with van der Waals surface area (Å²) >= 11 is 5.45. The number of carbonyl (C=O) groups excluding carboxylic acids is 1. The highest BCUT2D eigenvalue weighted by Gasteiger charge is 2.18. The van der Waals surface area contributed by atoms with E-state index in [1.807, 2.05) is 4.98 Å². The summed E-state index contributed by atoms with van der Waals surface area (Å²) in [6, 6.07) is 0.638. The van der Waals surface area contributed by atoms with Crippen LogP contribution in [0.3, 0.4) is 0 Å². The molecule has 0 amide bonds. The Hall–Kier alpha value is -1.43. The van der Waals surface area contributed by atoms with E-state index in [4.69, 9.17) is 11.6 Å². The number of aromatic amines is 1. The Balaban J connectivity index is 3.38. The molecule has 1 aromatic rings. The zero-order valence-electron chi connectivity index (χ0n) is 7.51. The van der Waals surface area contributed by atoms with Crippen LogP contribution in [0.25, 0.3) is 0 Å². The van der Waals surface area contributed by atoms with Crippen molar-refractivity contribution in [2.45, 2.75) is 6.43 Å². The highest BCUT2D eigenvalue weighted by molar-refractivity contribution is 6.33. The Morgan fingerprint density at radius 3 is 2.67 bits per heavy atom. The third-order valence-corrected chi connectivity index (χ3v) is 1.99. The van der Waals surface area contributed by atoms with Crippen molar-refractivity contribution in [1.29, 1.82) is 0 Å². The van der Waals surface area contributed by atoms with Crippen molar-refractivity contribution in [3.05, 3.63) is 32.7 Å². The van der Waals surface area contributed by atoms with Gasteiger partial charge in [-0.3, -0.25) is 4.79 Å². The molecule has 1 rings (SSSR count). The van der Waals surface area contributed by atoms with Gasteiger partial charge in [0, 0.05) is 6.07 Å². The summed E-state index contributed by atoms with van der Waals surface area (Å²) in [5.74, 6) is -0.973. The monoisotopic (exact) mass is 237 g/mol. The Bertz CT molecular complexity index is 444. The standard InChI is InChI=1S/C8H6ClF2NO3/c1-15-8(14)6-5(9)4(13)2-3(12-6)7(10)11/h2,7H,1H3,(H,12,13). The van der Waals surface area contributed by atoms with Crippen LogP contribution < -0.4 is 5.43 Å². The van der Waals surface area contributed by atoms with Crippen LogP contribution >= 0.6 is 11.6 Å². The van der Waals surface area contributed by atoms with Gasteiger partial charge >= 0.3 is 5.97 Å². The molecule has 15 heavy (non-hydrogen) atoms. The summed E-state index contributed by atoms with van der Waals surface area (Å²) in [5, 5.41) is -0.466. The van der Waals surface area contributed by atoms with Gasteiger partial charge < -0.3 is 9.72 Å². The van der Waals surface area contributed by atoms with E-state index in [0.29, 0.717) is 6.07 Å². The van der Waals surface area contributed by atoms with Crippen LogP contribution in [-0.4, -0.2) is 18.1 Å². The van der Waals surface area contributed by atoms with Gasteiger partial charge in [0.05, 0.1) is 12.8 Å². The number of alkyl halides is 2. The van der Waals surface area contributed by atoms with Gasteiger partial charge in [-0.05, 0) is 0 Å². The number of esters is 1. The van der Waals surface area contributed by atoms with Crippen LogP contribution in [0.15, 0.2) is 10.9 Å². The highest BCUT2D eigenvalue weighted by Crippen LogP contribution is 2.18. The maximum absolute atomic E-state index is 12.3. The molecule has 0 spiro atoms. The summed E-state index contributed by atoms with van der Waals surface area (Å²) in [5.41, 5.74) is -2.00. The van der Waals surface area contributed by atoms with Gasteiger partial charge in [0.1, 0.15) is 10.7 Å². The topological polar surface area (TPSA) is 59.2 Å². The maximum Gasteiger partial charge on any atom is 0.356 e. The summed E-state index contributed by atoms with van der Waals surface area (Å²) < 4.78 is 28.8. The van der Waals surface area contributed by atoms with Crippen LogP contribution in [0.1, 0.15) is 22.6 Å². The highest BCUT2D eigenvalue weighted by atomic mass is 35.5. The number of pyridine rings is 1. The van der Waals surface area contributed by atoms with Crippen molar-refractivity contribution in [3.8, 4) is 0 Å². The Morgan fingerprint density at radius 2 is 2.20 bits per heavy atom. The van der Waals surface area contributed by atoms with E-state index in [9.17, 15) is 18.4 Å². The van der Waals surface area contributed by atoms with Crippen molar-refractivity contribution < 1.29 is 18.3 Å². The van der Waals surface area contributed by atoms with Crippen LogP contribution in [0.2, 0.25) is 5.02 Å². The molecule has 7 heteroatoms. The molecule has 82 valence electrons. The molecule has 0 aliphatic carbocycles. The molecular weight excluding hydrogens is 232 g/mol. The number of methoxy groups -OCH3 is 1. The summed E-state index contributed by atoms with van der Waals surface area (Å²) in [4.78, 5) is 24.2. The summed E-state index contributed by atoms with van der Waals surface area (Å²) in [6.45, 7) is 0. The van der Waals surface area contributed by atoms with Gasteiger partial charge in [0.25, 0.3) is 6.43 Å². The number of nitrogens with one attached hydrogen (secondary N) is 1. The van der Waals surface area contributed by atoms with E-state index in [1.54, 1.807) is 0 Å². The average Bonchev–Trinajstić information content (AvgIpc) is 2.20. The van der Waals surface area contributed by atoms with E-state index in [1.165, 1.54) is 0 Å². The van der Waals surface area contributed by atoms with Crippen molar-refractivity contribution in [2.24, 2.45) is 0 Å². The van der Waals surface area contributed by atoms with Crippen molar-refractivity contribution >= 4 is 17.6 Å². The molecule has 0 radical (unpaired) electrons. The lowest BCUT2D eigenvalue weighted by Crippen LogP contribution is -2.15. The number of rotatable bonds is 2. The molecular formula is C8H6ClF2NO3. The lowest BCUT2D eigenvalue weighted by atomic mass is 10.3. The van der Waals surface area contributed by atoms with Gasteiger partial charge in [-0.25, -0.2) is 13.6 Å². The number of hydrogen-bond acceptors (Lipinski definition) is 3. The fraction of sp³-hybridized carbons (Fsp3) is 0.250. The van der Waals surface area contributed by atoms with E-state index in [0.717, 1.165) is 7.11 Å². The quantitative estimate of drug-likeness (QED) is 0.798.